The second-order valence-electron chi connectivity index (χ2n) is 6.19. The Morgan fingerprint density at radius 1 is 1.15 bits per heavy atom. The number of amides is 1. The van der Waals surface area contributed by atoms with E-state index in [1.807, 2.05) is 53.2 Å². The first-order chi connectivity index (χ1) is 12.7. The molecule has 2 aromatic carbocycles. The fourth-order valence-electron chi connectivity index (χ4n) is 2.93. The second kappa shape index (κ2) is 6.84. The zero-order valence-corrected chi connectivity index (χ0v) is 14.0. The van der Waals surface area contributed by atoms with E-state index in [9.17, 15) is 9.59 Å². The van der Waals surface area contributed by atoms with E-state index in [1.165, 1.54) is 0 Å². The van der Waals surface area contributed by atoms with E-state index in [1.54, 1.807) is 12.5 Å². The van der Waals surface area contributed by atoms with Gasteiger partial charge in [-0.3, -0.25) is 9.59 Å². The van der Waals surface area contributed by atoms with Crippen LogP contribution in [0.2, 0.25) is 0 Å². The molecular weight excluding hydrogens is 330 g/mol. The normalized spacial score (nSPS) is 12.5. The molecule has 4 rings (SSSR count). The molecule has 1 aliphatic rings. The number of imidazole rings is 1. The van der Waals surface area contributed by atoms with Crippen molar-refractivity contribution in [3.63, 3.8) is 0 Å². The molecule has 6 nitrogen and oxygen atoms in total. The Labute approximate surface area is 150 Å². The number of fused-ring (bicyclic) bond motifs is 1. The number of anilines is 1. The molecule has 0 fully saturated rings. The van der Waals surface area contributed by atoms with Crippen LogP contribution in [0.15, 0.2) is 61.2 Å². The van der Waals surface area contributed by atoms with Gasteiger partial charge in [-0.1, -0.05) is 24.3 Å². The molecule has 0 atom stereocenters. The summed E-state index contributed by atoms with van der Waals surface area (Å²) in [4.78, 5) is 27.5. The third-order valence-electron chi connectivity index (χ3n) is 4.29. The third-order valence-corrected chi connectivity index (χ3v) is 4.29. The van der Waals surface area contributed by atoms with Crippen LogP contribution in [-0.4, -0.2) is 21.4 Å². The lowest BCUT2D eigenvalue weighted by Crippen LogP contribution is -2.08. The molecule has 0 spiro atoms. The van der Waals surface area contributed by atoms with Gasteiger partial charge < -0.3 is 14.6 Å². The monoisotopic (exact) mass is 347 g/mol. The van der Waals surface area contributed by atoms with Gasteiger partial charge in [-0.2, -0.15) is 0 Å². The smallest absolute Gasteiger partial charge is 0.310 e. The fourth-order valence-corrected chi connectivity index (χ4v) is 2.93. The van der Waals surface area contributed by atoms with Crippen molar-refractivity contribution >= 4 is 17.6 Å². The zero-order valence-electron chi connectivity index (χ0n) is 14.0. The Bertz CT molecular complexity index is 947. The maximum atomic E-state index is 12.1. The van der Waals surface area contributed by atoms with Crippen LogP contribution < -0.4 is 5.32 Å². The van der Waals surface area contributed by atoms with Crippen molar-refractivity contribution in [1.29, 1.82) is 0 Å². The molecule has 6 heteroatoms. The van der Waals surface area contributed by atoms with Crippen molar-refractivity contribution in [2.45, 2.75) is 19.4 Å². The summed E-state index contributed by atoms with van der Waals surface area (Å²) in [6, 6.07) is 13.3. The average molecular weight is 347 g/mol. The lowest BCUT2D eigenvalue weighted by molar-refractivity contribution is -0.144. The summed E-state index contributed by atoms with van der Waals surface area (Å²) in [5.74, 6) is -0.313. The zero-order chi connectivity index (χ0) is 17.9. The standard InChI is InChI=1S/C20H17N3O3/c24-19-11-16-4-1-15(9-18(16)22-19)10-20(25)26-12-14-2-5-17(6-3-14)23-8-7-21-13-23/h1-9,13H,10-12H2,(H,22,24). The molecule has 0 bridgehead atoms. The van der Waals surface area contributed by atoms with Crippen LogP contribution in [0.3, 0.4) is 0 Å². The predicted octanol–water partition coefficient (Wildman–Crippen LogP) is 2.65. The topological polar surface area (TPSA) is 73.2 Å². The highest BCUT2D eigenvalue weighted by atomic mass is 16.5. The Morgan fingerprint density at radius 3 is 2.73 bits per heavy atom. The van der Waals surface area contributed by atoms with Crippen molar-refractivity contribution in [3.8, 4) is 5.69 Å². The Balaban J connectivity index is 1.33. The fraction of sp³-hybridized carbons (Fsp3) is 0.150. The molecule has 2 heterocycles. The number of aromatic nitrogens is 2. The number of hydrogen-bond acceptors (Lipinski definition) is 4. The summed E-state index contributed by atoms with van der Waals surface area (Å²) in [6.45, 7) is 0.227. The summed E-state index contributed by atoms with van der Waals surface area (Å²) in [5.41, 5.74) is 4.49. The van der Waals surface area contributed by atoms with E-state index in [4.69, 9.17) is 4.74 Å². The largest absolute Gasteiger partial charge is 0.461 e. The van der Waals surface area contributed by atoms with Gasteiger partial charge in [0.15, 0.2) is 0 Å². The summed E-state index contributed by atoms with van der Waals surface area (Å²) < 4.78 is 7.26. The maximum absolute atomic E-state index is 12.1. The molecule has 1 aromatic heterocycles. The number of ether oxygens (including phenoxy) is 1. The molecule has 26 heavy (non-hydrogen) atoms. The molecule has 0 unspecified atom stereocenters. The summed E-state index contributed by atoms with van der Waals surface area (Å²) in [5, 5.41) is 2.79. The van der Waals surface area contributed by atoms with Gasteiger partial charge >= 0.3 is 5.97 Å². The predicted molar refractivity (Wildman–Crippen MR) is 95.8 cm³/mol. The number of hydrogen-bond donors (Lipinski definition) is 1. The number of nitrogens with zero attached hydrogens (tertiary/aromatic N) is 2. The first kappa shape index (κ1) is 16.1. The minimum Gasteiger partial charge on any atom is -0.461 e. The number of nitrogens with one attached hydrogen (secondary N) is 1. The molecular formula is C20H17N3O3. The Morgan fingerprint density at radius 2 is 1.96 bits per heavy atom. The summed E-state index contributed by atoms with van der Waals surface area (Å²) in [7, 11) is 0. The van der Waals surface area contributed by atoms with Crippen LogP contribution in [0, 0.1) is 0 Å². The number of benzene rings is 2. The molecule has 0 saturated heterocycles. The van der Waals surface area contributed by atoms with E-state index in [0.717, 1.165) is 28.1 Å². The molecule has 0 saturated carbocycles. The van der Waals surface area contributed by atoms with Crippen molar-refractivity contribution in [2.24, 2.45) is 0 Å². The van der Waals surface area contributed by atoms with E-state index >= 15 is 0 Å². The molecule has 0 aliphatic carbocycles. The van der Waals surface area contributed by atoms with E-state index in [-0.39, 0.29) is 24.9 Å². The molecule has 0 radical (unpaired) electrons. The molecule has 1 N–H and O–H groups in total. The molecule has 1 aliphatic heterocycles. The molecule has 3 aromatic rings. The SMILES string of the molecule is O=C1Cc2ccc(CC(=O)OCc3ccc(-n4ccnc4)cc3)cc2N1. The van der Waals surface area contributed by atoms with Gasteiger partial charge in [0.25, 0.3) is 0 Å². The number of carbonyl (C=O) groups is 2. The van der Waals surface area contributed by atoms with Gasteiger partial charge in [-0.05, 0) is 34.9 Å². The highest BCUT2D eigenvalue weighted by Gasteiger charge is 2.18. The van der Waals surface area contributed by atoms with Crippen LogP contribution in [-0.2, 0) is 33.8 Å². The number of carbonyl (C=O) groups excluding carboxylic acids is 2. The highest BCUT2D eigenvalue weighted by Crippen LogP contribution is 2.24. The Kier molecular flexibility index (Phi) is 4.23. The van der Waals surface area contributed by atoms with Crippen molar-refractivity contribution in [1.82, 2.24) is 9.55 Å². The minimum absolute atomic E-state index is 0.0149. The maximum Gasteiger partial charge on any atom is 0.310 e. The van der Waals surface area contributed by atoms with Crippen LogP contribution in [0.5, 0.6) is 0 Å². The van der Waals surface area contributed by atoms with Gasteiger partial charge in [-0.25, -0.2) is 4.98 Å². The van der Waals surface area contributed by atoms with Crippen molar-refractivity contribution in [2.75, 3.05) is 5.32 Å². The van der Waals surface area contributed by atoms with Crippen LogP contribution in [0.4, 0.5) is 5.69 Å². The first-order valence-corrected chi connectivity index (χ1v) is 8.32. The average Bonchev–Trinajstić information content (AvgIpc) is 3.29. The van der Waals surface area contributed by atoms with Crippen LogP contribution >= 0.6 is 0 Å². The molecule has 130 valence electrons. The Hall–Kier alpha value is -3.41. The van der Waals surface area contributed by atoms with Gasteiger partial charge in [0.1, 0.15) is 6.61 Å². The van der Waals surface area contributed by atoms with Crippen molar-refractivity contribution < 1.29 is 14.3 Å². The summed E-state index contributed by atoms with van der Waals surface area (Å²) >= 11 is 0. The minimum atomic E-state index is -0.298. The second-order valence-corrected chi connectivity index (χ2v) is 6.19. The van der Waals surface area contributed by atoms with E-state index < -0.39 is 0 Å². The third kappa shape index (κ3) is 3.49. The quantitative estimate of drug-likeness (QED) is 0.720. The van der Waals surface area contributed by atoms with E-state index in [0.29, 0.717) is 6.42 Å². The highest BCUT2D eigenvalue weighted by molar-refractivity contribution is 5.99. The van der Waals surface area contributed by atoms with Gasteiger partial charge in [0.05, 0.1) is 19.2 Å². The van der Waals surface area contributed by atoms with Crippen LogP contribution in [0.1, 0.15) is 16.7 Å². The van der Waals surface area contributed by atoms with Gasteiger partial charge in [0, 0.05) is 23.8 Å². The van der Waals surface area contributed by atoms with Gasteiger partial charge in [-0.15, -0.1) is 0 Å². The molecule has 1 amide bonds. The number of rotatable bonds is 5. The number of esters is 1. The van der Waals surface area contributed by atoms with Crippen LogP contribution in [0.25, 0.3) is 5.69 Å². The first-order valence-electron chi connectivity index (χ1n) is 8.32. The van der Waals surface area contributed by atoms with Gasteiger partial charge in [0.2, 0.25) is 5.91 Å². The lowest BCUT2D eigenvalue weighted by Gasteiger charge is -2.08. The van der Waals surface area contributed by atoms with E-state index in [2.05, 4.69) is 10.3 Å². The lowest BCUT2D eigenvalue weighted by atomic mass is 10.1. The summed E-state index contributed by atoms with van der Waals surface area (Å²) in [6.07, 6.45) is 5.90. The van der Waals surface area contributed by atoms with Crippen molar-refractivity contribution in [3.05, 3.63) is 77.9 Å².